The number of aliphatic hydroxyl groups excluding tert-OH is 1. The number of fused-ring (bicyclic) bond motifs is 4. The predicted molar refractivity (Wildman–Crippen MR) is 177 cm³/mol. The molecule has 48 heavy (non-hydrogen) atoms. The van der Waals surface area contributed by atoms with Crippen molar-refractivity contribution < 1.29 is 38.7 Å². The Labute approximate surface area is 288 Å². The van der Waals surface area contributed by atoms with Crippen molar-refractivity contribution in [2.75, 3.05) is 32.9 Å². The van der Waals surface area contributed by atoms with E-state index in [0.717, 1.165) is 58.1 Å². The zero-order chi connectivity index (χ0) is 34.2. The molecule has 0 aromatic carbocycles. The summed E-state index contributed by atoms with van der Waals surface area (Å²) < 4.78 is 30.9. The van der Waals surface area contributed by atoms with E-state index >= 15 is 0 Å². The van der Waals surface area contributed by atoms with Crippen LogP contribution in [-0.4, -0.2) is 90.2 Å². The van der Waals surface area contributed by atoms with E-state index < -0.39 is 29.2 Å². The van der Waals surface area contributed by atoms with Crippen LogP contribution >= 0.6 is 0 Å². The van der Waals surface area contributed by atoms with Crippen molar-refractivity contribution in [3.63, 3.8) is 0 Å². The summed E-state index contributed by atoms with van der Waals surface area (Å²) in [5, 5.41) is 23.5. The lowest BCUT2D eigenvalue weighted by atomic mass is 9.41. The zero-order valence-corrected chi connectivity index (χ0v) is 30.6. The minimum absolute atomic E-state index is 0.0293. The highest BCUT2D eigenvalue weighted by Gasteiger charge is 2.85. The summed E-state index contributed by atoms with van der Waals surface area (Å²) in [7, 11) is 0. The molecule has 0 bridgehead atoms. The number of aliphatic hydroxyl groups is 2. The number of rotatable bonds is 6. The molecule has 11 atom stereocenters. The molecule has 0 amide bonds. The van der Waals surface area contributed by atoms with E-state index in [9.17, 15) is 15.0 Å². The first-order valence-corrected chi connectivity index (χ1v) is 18.9. The van der Waals surface area contributed by atoms with Gasteiger partial charge in [0.2, 0.25) is 0 Å². The van der Waals surface area contributed by atoms with Crippen molar-refractivity contribution in [1.29, 1.82) is 0 Å². The molecule has 5 saturated carbocycles. The van der Waals surface area contributed by atoms with Crippen LogP contribution in [0.2, 0.25) is 0 Å². The van der Waals surface area contributed by atoms with E-state index in [2.05, 4.69) is 39.5 Å². The van der Waals surface area contributed by atoms with Crippen molar-refractivity contribution in [2.24, 2.45) is 44.8 Å². The summed E-state index contributed by atoms with van der Waals surface area (Å²) in [5.74, 6) is 1.99. The lowest BCUT2D eigenvalue weighted by molar-refractivity contribution is -0.252. The normalized spacial score (nSPS) is 48.7. The highest BCUT2D eigenvalue weighted by atomic mass is 16.7. The molecular formula is C39H60NO8. The van der Waals surface area contributed by atoms with E-state index in [-0.39, 0.29) is 45.9 Å². The van der Waals surface area contributed by atoms with Crippen LogP contribution in [0, 0.1) is 63.0 Å². The Hall–Kier alpha value is -0.810. The minimum atomic E-state index is -1.31. The molecule has 3 radical (unpaired) electrons. The van der Waals surface area contributed by atoms with Crippen molar-refractivity contribution >= 4 is 5.97 Å². The van der Waals surface area contributed by atoms with E-state index in [4.69, 9.17) is 23.7 Å². The largest absolute Gasteiger partial charge is 0.456 e. The lowest BCUT2D eigenvalue weighted by Gasteiger charge is -2.63. The molecule has 0 aromatic rings. The zero-order valence-electron chi connectivity index (χ0n) is 30.6. The molecule has 269 valence electrons. The lowest BCUT2D eigenvalue weighted by Crippen LogP contribution is -2.60. The van der Waals surface area contributed by atoms with Gasteiger partial charge in [0.1, 0.15) is 12.2 Å². The van der Waals surface area contributed by atoms with Gasteiger partial charge in [-0.25, -0.2) is 0 Å². The van der Waals surface area contributed by atoms with Gasteiger partial charge >= 0.3 is 5.97 Å². The number of carbonyl (C=O) groups excluding carboxylic acids is 1. The number of carbonyl (C=O) groups is 1. The van der Waals surface area contributed by atoms with E-state index in [1.807, 2.05) is 0 Å². The third-order valence-electron chi connectivity index (χ3n) is 15.7. The third kappa shape index (κ3) is 4.55. The minimum Gasteiger partial charge on any atom is -0.456 e. The van der Waals surface area contributed by atoms with Crippen LogP contribution < -0.4 is 0 Å². The summed E-state index contributed by atoms with van der Waals surface area (Å²) in [6, 6.07) is 0.502. The fourth-order valence-corrected chi connectivity index (χ4v) is 13.3. The molecule has 8 aliphatic rings. The maximum Gasteiger partial charge on any atom is 0.303 e. The maximum atomic E-state index is 12.5. The van der Waals surface area contributed by atoms with E-state index in [1.54, 1.807) is 19.8 Å². The summed E-state index contributed by atoms with van der Waals surface area (Å²) in [5.41, 5.74) is -1.40. The Bertz CT molecular complexity index is 1280. The first kappa shape index (κ1) is 34.3. The van der Waals surface area contributed by atoms with Gasteiger partial charge in [-0.15, -0.1) is 0 Å². The highest BCUT2D eigenvalue weighted by molar-refractivity contribution is 5.66. The summed E-state index contributed by atoms with van der Waals surface area (Å²) in [6.45, 7) is 20.7. The fourth-order valence-electron chi connectivity index (χ4n) is 13.3. The number of ether oxygens (including phenoxy) is 5. The topological polar surface area (TPSA) is 107 Å². The average molecular weight is 671 g/mol. The second-order valence-corrected chi connectivity index (χ2v) is 18.8. The Balaban J connectivity index is 1.03. The van der Waals surface area contributed by atoms with Gasteiger partial charge in [-0.2, -0.15) is 0 Å². The number of hydrogen-bond acceptors (Lipinski definition) is 9. The van der Waals surface area contributed by atoms with E-state index in [1.165, 1.54) is 26.2 Å². The molecule has 2 N–H and O–H groups in total. The van der Waals surface area contributed by atoms with Crippen LogP contribution in [0.25, 0.3) is 0 Å². The number of nitrogens with zero attached hydrogens (tertiary/aromatic N) is 1. The molecule has 8 fully saturated rings. The first-order valence-electron chi connectivity index (χ1n) is 18.9. The third-order valence-corrected chi connectivity index (χ3v) is 15.7. The monoisotopic (exact) mass is 670 g/mol. The smallest absolute Gasteiger partial charge is 0.303 e. The van der Waals surface area contributed by atoms with Crippen LogP contribution in [0.1, 0.15) is 107 Å². The average Bonchev–Trinajstić information content (AvgIpc) is 3.61. The van der Waals surface area contributed by atoms with Gasteiger partial charge in [-0.3, -0.25) is 9.69 Å². The number of morpholine rings is 1. The van der Waals surface area contributed by atoms with Gasteiger partial charge in [-0.05, 0) is 105 Å². The van der Waals surface area contributed by atoms with Crippen molar-refractivity contribution in [3.05, 3.63) is 18.1 Å². The molecule has 2 spiro atoms. The predicted octanol–water partition coefficient (Wildman–Crippen LogP) is 5.23. The SMILES string of the molecule is CC(=O)O[C@@H]([C]1C[C@@H](C)[C@H]2[C](O1)[C@@H](O)[C@@]1(C)[C]3CC[C@H]4C(C)(C)C(O[C@H]5CN(C6COC6)CCO5)CC[C@@]45C[C@@]35CC[C@]21C)C(C)(C)O. The van der Waals surface area contributed by atoms with Gasteiger partial charge in [-0.1, -0.05) is 34.6 Å². The quantitative estimate of drug-likeness (QED) is 0.368. The molecule has 3 heterocycles. The molecule has 5 aliphatic carbocycles. The highest BCUT2D eigenvalue weighted by Crippen LogP contribution is 2.90. The Kier molecular flexibility index (Phi) is 7.93. The molecule has 9 nitrogen and oxygen atoms in total. The Morgan fingerprint density at radius 2 is 1.85 bits per heavy atom. The molecular weight excluding hydrogens is 610 g/mol. The molecule has 0 aromatic heterocycles. The molecule has 8 rings (SSSR count). The van der Waals surface area contributed by atoms with Crippen LogP contribution in [0.4, 0.5) is 0 Å². The van der Waals surface area contributed by atoms with Gasteiger partial charge in [0, 0.05) is 24.8 Å². The van der Waals surface area contributed by atoms with Crippen LogP contribution in [0.15, 0.2) is 0 Å². The van der Waals surface area contributed by atoms with E-state index in [0.29, 0.717) is 31.1 Å². The summed E-state index contributed by atoms with van der Waals surface area (Å²) in [4.78, 5) is 14.6. The fraction of sp³-hybridized carbons (Fsp3) is 0.897. The second-order valence-electron chi connectivity index (χ2n) is 18.8. The van der Waals surface area contributed by atoms with Crippen LogP contribution in [0.5, 0.6) is 0 Å². The maximum absolute atomic E-state index is 12.5. The molecule has 3 saturated heterocycles. The summed E-state index contributed by atoms with van der Waals surface area (Å²) >= 11 is 0. The van der Waals surface area contributed by atoms with Crippen molar-refractivity contribution in [1.82, 2.24) is 4.90 Å². The number of esters is 1. The number of hydrogen-bond donors (Lipinski definition) is 2. The molecule has 3 aliphatic heterocycles. The first-order chi connectivity index (χ1) is 22.5. The molecule has 1 unspecified atom stereocenters. The van der Waals surface area contributed by atoms with Crippen molar-refractivity contribution in [3.8, 4) is 0 Å². The molecule has 9 heteroatoms. The van der Waals surface area contributed by atoms with Crippen LogP contribution in [0.3, 0.4) is 0 Å². The standard InChI is InChI=1S/C39H60NO8/c1-22-17-25(33(35(5,6)43)46-23(2)41)47-31-30(22)36(7)13-14-39-21-38(39)12-11-28(48-29-18-40(15-16-45-29)24-19-44-20-24)34(3,4)26(38)9-10-27(39)37(36,8)32(31)42/h22,24,26,28-30,32-33,42-43H,9-21H2,1-8H3/t22-,26+,28?,29+,30+,32-,33+,36-,37-,38-,39+/m1/s1. The van der Waals surface area contributed by atoms with Gasteiger partial charge in [0.15, 0.2) is 12.4 Å². The van der Waals surface area contributed by atoms with Crippen LogP contribution in [-0.2, 0) is 28.5 Å². The van der Waals surface area contributed by atoms with Gasteiger partial charge < -0.3 is 33.9 Å². The van der Waals surface area contributed by atoms with Gasteiger partial charge in [0.05, 0.1) is 50.2 Å². The second kappa shape index (κ2) is 11.1. The summed E-state index contributed by atoms with van der Waals surface area (Å²) in [6.07, 6.45) is 8.07. The van der Waals surface area contributed by atoms with Crippen molar-refractivity contribution in [2.45, 2.75) is 143 Å². The Morgan fingerprint density at radius 1 is 1.10 bits per heavy atom. The van der Waals surface area contributed by atoms with Gasteiger partial charge in [0.25, 0.3) is 0 Å². The Morgan fingerprint density at radius 3 is 2.52 bits per heavy atom.